The topological polar surface area (TPSA) is 70.4 Å². The van der Waals surface area contributed by atoms with E-state index in [1.54, 1.807) is 10.9 Å². The molecule has 0 N–H and O–H groups in total. The Hall–Kier alpha value is -2.63. The highest BCUT2D eigenvalue weighted by atomic mass is 16.6. The van der Waals surface area contributed by atoms with E-state index in [0.29, 0.717) is 12.1 Å². The van der Waals surface area contributed by atoms with Crippen LogP contribution in [0.3, 0.4) is 0 Å². The first-order valence-electron chi connectivity index (χ1n) is 7.47. The number of carbonyl (C=O) groups is 2. The van der Waals surface area contributed by atoms with Gasteiger partial charge >= 0.3 is 11.9 Å². The zero-order valence-corrected chi connectivity index (χ0v) is 13.0. The zero-order chi connectivity index (χ0) is 16.4. The number of hydrogen-bond acceptors (Lipinski definition) is 5. The first-order chi connectivity index (χ1) is 11.1. The summed E-state index contributed by atoms with van der Waals surface area (Å²) in [5.41, 5.74) is 1.44. The fourth-order valence-corrected chi connectivity index (χ4v) is 2.56. The minimum atomic E-state index is -0.471. The van der Waals surface area contributed by atoms with Crippen molar-refractivity contribution in [3.8, 4) is 0 Å². The van der Waals surface area contributed by atoms with Gasteiger partial charge < -0.3 is 14.0 Å². The number of hydrogen-bond donors (Lipinski definition) is 0. The van der Waals surface area contributed by atoms with Gasteiger partial charge in [0.25, 0.3) is 0 Å². The molecular weight excluding hydrogens is 296 g/mol. The molecule has 6 heteroatoms. The maximum absolute atomic E-state index is 12.3. The van der Waals surface area contributed by atoms with Gasteiger partial charge in [0.15, 0.2) is 0 Å². The fraction of sp³-hybridized carbons (Fsp3) is 0.353. The average molecular weight is 314 g/mol. The molecule has 1 fully saturated rings. The van der Waals surface area contributed by atoms with Crippen LogP contribution in [0.15, 0.2) is 42.9 Å². The summed E-state index contributed by atoms with van der Waals surface area (Å²) < 4.78 is 11.8. The molecule has 0 aliphatic heterocycles. The molecule has 2 aromatic rings. The lowest BCUT2D eigenvalue weighted by atomic mass is 10.1. The van der Waals surface area contributed by atoms with Crippen LogP contribution in [0, 0.1) is 5.92 Å². The van der Waals surface area contributed by atoms with E-state index in [4.69, 9.17) is 4.74 Å². The highest BCUT2D eigenvalue weighted by Crippen LogP contribution is 2.35. The van der Waals surface area contributed by atoms with Crippen LogP contribution in [-0.2, 0) is 14.3 Å². The van der Waals surface area contributed by atoms with Gasteiger partial charge in [-0.2, -0.15) is 0 Å². The molecule has 0 spiro atoms. The highest BCUT2D eigenvalue weighted by Gasteiger charge is 2.47. The number of carbonyl (C=O) groups excluding carboxylic acids is 2. The largest absolute Gasteiger partial charge is 0.469 e. The van der Waals surface area contributed by atoms with Crippen LogP contribution < -0.4 is 0 Å². The van der Waals surface area contributed by atoms with Gasteiger partial charge in [0.2, 0.25) is 0 Å². The van der Waals surface area contributed by atoms with E-state index in [2.05, 4.69) is 9.72 Å². The molecule has 6 nitrogen and oxygen atoms in total. The lowest BCUT2D eigenvalue weighted by Gasteiger charge is -2.16. The minimum Gasteiger partial charge on any atom is -0.469 e. The summed E-state index contributed by atoms with van der Waals surface area (Å²) in [4.78, 5) is 27.8. The highest BCUT2D eigenvalue weighted by molar-refractivity contribution is 5.88. The molecule has 120 valence electrons. The number of esters is 2. The van der Waals surface area contributed by atoms with Crippen molar-refractivity contribution in [2.75, 3.05) is 7.11 Å². The molecule has 0 saturated heterocycles. The molecule has 0 bridgehead atoms. The van der Waals surface area contributed by atoms with Crippen molar-refractivity contribution in [2.45, 2.75) is 25.5 Å². The SMILES string of the molecule is COC(=O)C1CC1OC(=O)c1cncn1C(C)c1ccccc1. The van der Waals surface area contributed by atoms with Crippen molar-refractivity contribution in [3.63, 3.8) is 0 Å². The maximum atomic E-state index is 12.3. The van der Waals surface area contributed by atoms with E-state index >= 15 is 0 Å². The second-order valence-corrected chi connectivity index (χ2v) is 5.58. The summed E-state index contributed by atoms with van der Waals surface area (Å²) in [6.07, 6.45) is 3.21. The van der Waals surface area contributed by atoms with E-state index in [-0.39, 0.29) is 17.9 Å². The Morgan fingerprint density at radius 1 is 1.30 bits per heavy atom. The monoisotopic (exact) mass is 314 g/mol. The van der Waals surface area contributed by atoms with Crippen LogP contribution in [0.1, 0.15) is 35.4 Å². The number of rotatable bonds is 5. The van der Waals surface area contributed by atoms with Crippen LogP contribution in [0.2, 0.25) is 0 Å². The van der Waals surface area contributed by atoms with Crippen LogP contribution in [-0.4, -0.2) is 34.7 Å². The third kappa shape index (κ3) is 3.11. The first kappa shape index (κ1) is 15.3. The second kappa shape index (κ2) is 6.24. The standard InChI is InChI=1S/C17H18N2O4/c1-11(12-6-4-3-5-7-12)19-10-18-9-14(19)17(21)23-15-8-13(15)16(20)22-2/h3-7,9-11,13,15H,8H2,1-2H3. The number of nitrogens with zero attached hydrogens (tertiary/aromatic N) is 2. The van der Waals surface area contributed by atoms with E-state index in [0.717, 1.165) is 5.56 Å². The third-order valence-corrected chi connectivity index (χ3v) is 4.07. The van der Waals surface area contributed by atoms with Gasteiger partial charge in [0.1, 0.15) is 11.8 Å². The molecule has 1 aromatic carbocycles. The van der Waals surface area contributed by atoms with Gasteiger partial charge in [-0.3, -0.25) is 4.79 Å². The number of benzene rings is 1. The number of imidazole rings is 1. The molecule has 1 aromatic heterocycles. The quantitative estimate of drug-likeness (QED) is 0.791. The Kier molecular flexibility index (Phi) is 4.14. The first-order valence-corrected chi connectivity index (χ1v) is 7.47. The average Bonchev–Trinajstić information content (AvgIpc) is 3.16. The van der Waals surface area contributed by atoms with E-state index in [1.165, 1.54) is 13.3 Å². The van der Waals surface area contributed by atoms with Gasteiger partial charge in [-0.25, -0.2) is 9.78 Å². The Bertz CT molecular complexity index is 710. The van der Waals surface area contributed by atoms with Crippen molar-refractivity contribution < 1.29 is 19.1 Å². The van der Waals surface area contributed by atoms with Crippen molar-refractivity contribution in [2.24, 2.45) is 5.92 Å². The normalized spacial score (nSPS) is 20.6. The summed E-state index contributed by atoms with van der Waals surface area (Å²) >= 11 is 0. The predicted octanol–water partition coefficient (Wildman–Crippen LogP) is 2.21. The molecule has 1 aliphatic rings. The van der Waals surface area contributed by atoms with Crippen LogP contribution >= 0.6 is 0 Å². The van der Waals surface area contributed by atoms with E-state index in [1.807, 2.05) is 37.3 Å². The maximum Gasteiger partial charge on any atom is 0.356 e. The molecular formula is C17H18N2O4. The molecule has 1 heterocycles. The lowest BCUT2D eigenvalue weighted by Crippen LogP contribution is -2.18. The molecule has 1 aliphatic carbocycles. The van der Waals surface area contributed by atoms with Crippen molar-refractivity contribution in [3.05, 3.63) is 54.1 Å². The molecule has 23 heavy (non-hydrogen) atoms. The molecule has 3 rings (SSSR count). The Morgan fingerprint density at radius 2 is 2.04 bits per heavy atom. The second-order valence-electron chi connectivity index (χ2n) is 5.58. The molecule has 3 unspecified atom stereocenters. The number of methoxy groups -OCH3 is 1. The predicted molar refractivity (Wildman–Crippen MR) is 81.8 cm³/mol. The van der Waals surface area contributed by atoms with Crippen LogP contribution in [0.4, 0.5) is 0 Å². The number of ether oxygens (including phenoxy) is 2. The third-order valence-electron chi connectivity index (χ3n) is 4.07. The van der Waals surface area contributed by atoms with Crippen molar-refractivity contribution in [1.29, 1.82) is 0 Å². The van der Waals surface area contributed by atoms with Gasteiger partial charge in [-0.05, 0) is 12.5 Å². The Morgan fingerprint density at radius 3 is 2.74 bits per heavy atom. The minimum absolute atomic E-state index is 0.0446. The fourth-order valence-electron chi connectivity index (χ4n) is 2.56. The molecule has 0 radical (unpaired) electrons. The van der Waals surface area contributed by atoms with Crippen LogP contribution in [0.5, 0.6) is 0 Å². The van der Waals surface area contributed by atoms with E-state index < -0.39 is 12.1 Å². The Balaban J connectivity index is 1.71. The van der Waals surface area contributed by atoms with Crippen LogP contribution in [0.25, 0.3) is 0 Å². The summed E-state index contributed by atoms with van der Waals surface area (Å²) in [5, 5.41) is 0. The smallest absolute Gasteiger partial charge is 0.356 e. The summed E-state index contributed by atoms with van der Waals surface area (Å²) in [6, 6.07) is 9.79. The van der Waals surface area contributed by atoms with E-state index in [9.17, 15) is 9.59 Å². The van der Waals surface area contributed by atoms with Gasteiger partial charge in [-0.15, -0.1) is 0 Å². The zero-order valence-electron chi connectivity index (χ0n) is 13.0. The van der Waals surface area contributed by atoms with Crippen molar-refractivity contribution >= 4 is 11.9 Å². The Labute approximate surface area is 134 Å². The lowest BCUT2D eigenvalue weighted by molar-refractivity contribution is -0.142. The van der Waals surface area contributed by atoms with Gasteiger partial charge in [0, 0.05) is 6.42 Å². The summed E-state index contributed by atoms with van der Waals surface area (Å²) in [6.45, 7) is 1.99. The summed E-state index contributed by atoms with van der Waals surface area (Å²) in [5.74, 6) is -1.15. The van der Waals surface area contributed by atoms with Gasteiger partial charge in [-0.1, -0.05) is 30.3 Å². The molecule has 3 atom stereocenters. The molecule has 1 saturated carbocycles. The number of aromatic nitrogens is 2. The molecule has 0 amide bonds. The van der Waals surface area contributed by atoms with Crippen molar-refractivity contribution in [1.82, 2.24) is 9.55 Å². The van der Waals surface area contributed by atoms with Gasteiger partial charge in [0.05, 0.1) is 31.6 Å². The summed E-state index contributed by atoms with van der Waals surface area (Å²) in [7, 11) is 1.33.